The summed E-state index contributed by atoms with van der Waals surface area (Å²) in [5.74, 6) is -2.62. The molecule has 144 valence electrons. The summed E-state index contributed by atoms with van der Waals surface area (Å²) < 4.78 is 64.0. The zero-order valence-electron chi connectivity index (χ0n) is 14.0. The van der Waals surface area contributed by atoms with E-state index in [0.29, 0.717) is 5.69 Å². The highest BCUT2D eigenvalue weighted by atomic mass is 19.4. The van der Waals surface area contributed by atoms with Gasteiger partial charge in [0, 0.05) is 23.6 Å². The van der Waals surface area contributed by atoms with E-state index in [1.165, 1.54) is 24.5 Å². The number of carbonyl (C=O) groups excluding carboxylic acids is 1. The molecule has 0 aliphatic carbocycles. The van der Waals surface area contributed by atoms with Gasteiger partial charge in [-0.25, -0.2) is 8.78 Å². The molecule has 3 rings (SSSR count). The first-order valence-electron chi connectivity index (χ1n) is 7.88. The Kier molecular flexibility index (Phi) is 5.25. The van der Waals surface area contributed by atoms with Crippen molar-refractivity contribution >= 4 is 23.0 Å². The quantitative estimate of drug-likeness (QED) is 0.586. The molecule has 1 heterocycles. The van der Waals surface area contributed by atoms with E-state index in [9.17, 15) is 26.7 Å². The maximum atomic E-state index is 13.3. The van der Waals surface area contributed by atoms with E-state index in [1.807, 2.05) is 0 Å². The Bertz CT molecular complexity index is 1000. The smallest absolute Gasteiger partial charge is 0.354 e. The summed E-state index contributed by atoms with van der Waals surface area (Å²) in [5.41, 5.74) is 0.0569. The molecular weight excluding hydrogens is 381 g/mol. The minimum atomic E-state index is -4.47. The van der Waals surface area contributed by atoms with Crippen molar-refractivity contribution in [2.45, 2.75) is 6.18 Å². The first-order chi connectivity index (χ1) is 13.2. The minimum absolute atomic E-state index is 0.118. The van der Waals surface area contributed by atoms with Gasteiger partial charge in [0.05, 0.1) is 23.0 Å². The largest absolute Gasteiger partial charge is 0.416 e. The van der Waals surface area contributed by atoms with E-state index in [1.54, 1.807) is 0 Å². The molecule has 0 saturated heterocycles. The number of hydrogen-bond acceptors (Lipinski definition) is 3. The van der Waals surface area contributed by atoms with Crippen LogP contribution in [0.3, 0.4) is 0 Å². The van der Waals surface area contributed by atoms with E-state index < -0.39 is 29.3 Å². The van der Waals surface area contributed by atoms with Crippen LogP contribution in [0, 0.1) is 11.6 Å². The van der Waals surface area contributed by atoms with Gasteiger partial charge in [-0.1, -0.05) is 0 Å². The van der Waals surface area contributed by atoms with Gasteiger partial charge in [0.2, 0.25) is 0 Å². The van der Waals surface area contributed by atoms with Gasteiger partial charge in [0.25, 0.3) is 5.91 Å². The van der Waals surface area contributed by atoms with Crippen LogP contribution >= 0.6 is 0 Å². The number of pyridine rings is 1. The molecule has 1 amide bonds. The van der Waals surface area contributed by atoms with E-state index in [-0.39, 0.29) is 16.9 Å². The number of carbonyl (C=O) groups is 1. The lowest BCUT2D eigenvalue weighted by molar-refractivity contribution is -0.137. The highest BCUT2D eigenvalue weighted by molar-refractivity contribution is 6.04. The van der Waals surface area contributed by atoms with E-state index in [2.05, 4.69) is 15.6 Å². The predicted octanol–water partition coefficient (Wildman–Crippen LogP) is 5.37. The van der Waals surface area contributed by atoms with Gasteiger partial charge < -0.3 is 10.6 Å². The first kappa shape index (κ1) is 19.3. The molecule has 2 aromatic carbocycles. The summed E-state index contributed by atoms with van der Waals surface area (Å²) in [7, 11) is 0. The predicted molar refractivity (Wildman–Crippen MR) is 93.3 cm³/mol. The van der Waals surface area contributed by atoms with Crippen molar-refractivity contribution in [3.8, 4) is 0 Å². The monoisotopic (exact) mass is 393 g/mol. The minimum Gasteiger partial charge on any atom is -0.354 e. The third-order valence-corrected chi connectivity index (χ3v) is 3.68. The highest BCUT2D eigenvalue weighted by Gasteiger charge is 2.30. The molecule has 0 bridgehead atoms. The molecule has 0 saturated carbocycles. The van der Waals surface area contributed by atoms with Gasteiger partial charge in [0.15, 0.2) is 11.6 Å². The van der Waals surface area contributed by atoms with Gasteiger partial charge in [-0.05, 0) is 42.5 Å². The second kappa shape index (κ2) is 7.63. The number of amides is 1. The highest BCUT2D eigenvalue weighted by Crippen LogP contribution is 2.30. The topological polar surface area (TPSA) is 54.0 Å². The third-order valence-electron chi connectivity index (χ3n) is 3.68. The van der Waals surface area contributed by atoms with Gasteiger partial charge in [-0.15, -0.1) is 0 Å². The lowest BCUT2D eigenvalue weighted by Gasteiger charge is -2.10. The van der Waals surface area contributed by atoms with Crippen molar-refractivity contribution in [2.75, 3.05) is 10.6 Å². The summed E-state index contributed by atoms with van der Waals surface area (Å²) in [6.45, 7) is 0. The number of nitrogens with one attached hydrogen (secondary N) is 2. The normalized spacial score (nSPS) is 11.2. The summed E-state index contributed by atoms with van der Waals surface area (Å²) in [4.78, 5) is 16.2. The summed E-state index contributed by atoms with van der Waals surface area (Å²) in [6, 6.07) is 8.61. The fourth-order valence-corrected chi connectivity index (χ4v) is 2.32. The number of nitrogens with zero attached hydrogens (tertiary/aromatic N) is 1. The zero-order valence-corrected chi connectivity index (χ0v) is 14.0. The van der Waals surface area contributed by atoms with Gasteiger partial charge in [-0.2, -0.15) is 13.2 Å². The Labute approximate surface area is 156 Å². The molecule has 3 aromatic rings. The fourth-order valence-electron chi connectivity index (χ4n) is 2.32. The summed E-state index contributed by atoms with van der Waals surface area (Å²) >= 11 is 0. The molecule has 0 spiro atoms. The summed E-state index contributed by atoms with van der Waals surface area (Å²) in [5, 5.41) is 5.24. The maximum absolute atomic E-state index is 13.3. The Morgan fingerprint density at radius 1 is 0.821 bits per heavy atom. The van der Waals surface area contributed by atoms with Crippen LogP contribution in [0.25, 0.3) is 0 Å². The van der Waals surface area contributed by atoms with E-state index in [4.69, 9.17) is 0 Å². The number of rotatable bonds is 4. The van der Waals surface area contributed by atoms with Crippen LogP contribution in [0.4, 0.5) is 39.0 Å². The molecule has 4 nitrogen and oxygen atoms in total. The second-order valence-corrected chi connectivity index (χ2v) is 5.75. The Morgan fingerprint density at radius 2 is 1.50 bits per heavy atom. The van der Waals surface area contributed by atoms with Gasteiger partial charge in [0.1, 0.15) is 0 Å². The van der Waals surface area contributed by atoms with Crippen molar-refractivity contribution in [3.63, 3.8) is 0 Å². The third kappa shape index (κ3) is 4.61. The number of alkyl halides is 3. The van der Waals surface area contributed by atoms with Crippen molar-refractivity contribution in [3.05, 3.63) is 83.7 Å². The Balaban J connectivity index is 1.72. The molecule has 0 aliphatic rings. The average Bonchev–Trinajstić information content (AvgIpc) is 2.65. The molecular formula is C19H12F5N3O. The first-order valence-corrected chi connectivity index (χ1v) is 7.88. The number of hydrogen-bond donors (Lipinski definition) is 2. The lowest BCUT2D eigenvalue weighted by atomic mass is 10.2. The van der Waals surface area contributed by atoms with Crippen LogP contribution in [-0.2, 0) is 6.18 Å². The molecule has 0 aliphatic heterocycles. The maximum Gasteiger partial charge on any atom is 0.416 e. The van der Waals surface area contributed by atoms with Gasteiger partial charge >= 0.3 is 6.18 Å². The fraction of sp³-hybridized carbons (Fsp3) is 0.0526. The van der Waals surface area contributed by atoms with Crippen LogP contribution in [0.5, 0.6) is 0 Å². The Morgan fingerprint density at radius 3 is 2.14 bits per heavy atom. The molecule has 0 fully saturated rings. The van der Waals surface area contributed by atoms with Crippen LogP contribution in [0.1, 0.15) is 15.9 Å². The van der Waals surface area contributed by atoms with Crippen LogP contribution in [0.15, 0.2) is 60.9 Å². The molecule has 28 heavy (non-hydrogen) atoms. The Hall–Kier alpha value is -3.49. The average molecular weight is 393 g/mol. The van der Waals surface area contributed by atoms with Gasteiger partial charge in [-0.3, -0.25) is 9.78 Å². The molecule has 0 unspecified atom stereocenters. The summed E-state index contributed by atoms with van der Waals surface area (Å²) in [6.07, 6.45) is -1.84. The number of aromatic nitrogens is 1. The zero-order chi connectivity index (χ0) is 20.3. The van der Waals surface area contributed by atoms with E-state index >= 15 is 0 Å². The molecule has 0 atom stereocenters. The van der Waals surface area contributed by atoms with Crippen molar-refractivity contribution < 1.29 is 26.7 Å². The number of halogens is 5. The van der Waals surface area contributed by atoms with Crippen LogP contribution in [0.2, 0.25) is 0 Å². The lowest BCUT2D eigenvalue weighted by Crippen LogP contribution is -2.13. The van der Waals surface area contributed by atoms with Crippen LogP contribution in [-0.4, -0.2) is 10.9 Å². The number of benzene rings is 2. The molecule has 9 heteroatoms. The van der Waals surface area contributed by atoms with Crippen molar-refractivity contribution in [1.29, 1.82) is 0 Å². The molecule has 2 N–H and O–H groups in total. The SMILES string of the molecule is O=C(Nc1ccc(C(F)(F)F)cc1)c1cncc(Nc2ccc(F)c(F)c2)c1. The van der Waals surface area contributed by atoms with Crippen molar-refractivity contribution in [2.24, 2.45) is 0 Å². The van der Waals surface area contributed by atoms with E-state index in [0.717, 1.165) is 36.4 Å². The van der Waals surface area contributed by atoms with Crippen molar-refractivity contribution in [1.82, 2.24) is 4.98 Å². The number of anilines is 3. The molecule has 0 radical (unpaired) electrons. The van der Waals surface area contributed by atoms with Crippen LogP contribution < -0.4 is 10.6 Å². The molecule has 1 aromatic heterocycles. The second-order valence-electron chi connectivity index (χ2n) is 5.75. The standard InChI is InChI=1S/C19H12F5N3O/c20-16-6-5-14(8-17(16)21)26-15-7-11(9-25-10-15)18(28)27-13-3-1-12(2-4-13)19(22,23)24/h1-10,26H,(H,27,28).